The number of nitro groups is 1. The number of Topliss-reactive ketones (excluding diaryl/α,β-unsaturated/α-hetero) is 1. The number of nitrogens with zero attached hydrogens (tertiary/aromatic N) is 3. The Bertz CT molecular complexity index is 1230. The number of aryl methyl sites for hydroxylation is 2. The summed E-state index contributed by atoms with van der Waals surface area (Å²) in [6.07, 6.45) is 1.43. The number of carbonyl (C=O) groups is 2. The van der Waals surface area contributed by atoms with E-state index in [1.54, 1.807) is 32.0 Å². The zero-order chi connectivity index (χ0) is 22.3. The van der Waals surface area contributed by atoms with Crippen LogP contribution in [0.2, 0.25) is 0 Å². The van der Waals surface area contributed by atoms with Crippen molar-refractivity contribution in [1.82, 2.24) is 9.88 Å². The van der Waals surface area contributed by atoms with Crippen molar-refractivity contribution < 1.29 is 24.0 Å². The number of aliphatic hydroxyl groups is 1. The second kappa shape index (κ2) is 7.80. The number of hydrogen-bond acceptors (Lipinski definition) is 8. The molecular formula is C21H17N3O6S. The van der Waals surface area contributed by atoms with Gasteiger partial charge in [0.05, 0.1) is 50.5 Å². The normalized spacial score (nSPS) is 16.3. The maximum Gasteiger partial charge on any atom is 0.290 e. The van der Waals surface area contributed by atoms with Gasteiger partial charge in [-0.2, -0.15) is 0 Å². The van der Waals surface area contributed by atoms with Gasteiger partial charge in [0.1, 0.15) is 5.76 Å². The van der Waals surface area contributed by atoms with Crippen molar-refractivity contribution in [3.8, 4) is 0 Å². The van der Waals surface area contributed by atoms with Crippen LogP contribution in [0.5, 0.6) is 0 Å². The Morgan fingerprint density at radius 1 is 1.29 bits per heavy atom. The van der Waals surface area contributed by atoms with Gasteiger partial charge in [-0.25, -0.2) is 4.98 Å². The van der Waals surface area contributed by atoms with E-state index in [1.165, 1.54) is 29.4 Å². The number of hydrogen-bond donors (Lipinski definition) is 1. The topological polar surface area (TPSA) is 127 Å². The second-order valence-corrected chi connectivity index (χ2v) is 8.17. The van der Waals surface area contributed by atoms with Crippen LogP contribution in [0, 0.1) is 24.0 Å². The van der Waals surface area contributed by atoms with E-state index in [0.29, 0.717) is 16.5 Å². The first kappa shape index (κ1) is 20.5. The highest BCUT2D eigenvalue weighted by Gasteiger charge is 2.46. The van der Waals surface area contributed by atoms with Crippen LogP contribution in [0.3, 0.4) is 0 Å². The number of aliphatic hydroxyl groups excluding tert-OH is 1. The molecule has 10 heteroatoms. The fourth-order valence-electron chi connectivity index (χ4n) is 3.69. The van der Waals surface area contributed by atoms with Crippen LogP contribution < -0.4 is 0 Å². The van der Waals surface area contributed by atoms with Crippen molar-refractivity contribution in [1.29, 1.82) is 0 Å². The van der Waals surface area contributed by atoms with Gasteiger partial charge in [-0.1, -0.05) is 12.1 Å². The van der Waals surface area contributed by atoms with E-state index in [-0.39, 0.29) is 28.2 Å². The first-order valence-corrected chi connectivity index (χ1v) is 10.1. The summed E-state index contributed by atoms with van der Waals surface area (Å²) >= 11 is 1.14. The highest BCUT2D eigenvalue weighted by molar-refractivity contribution is 7.14. The predicted octanol–water partition coefficient (Wildman–Crippen LogP) is 4.04. The third-order valence-corrected chi connectivity index (χ3v) is 6.06. The molecule has 0 radical (unpaired) electrons. The van der Waals surface area contributed by atoms with Crippen LogP contribution in [0.1, 0.15) is 37.7 Å². The van der Waals surface area contributed by atoms with Crippen LogP contribution in [-0.2, 0) is 11.3 Å². The monoisotopic (exact) mass is 439 g/mol. The highest BCUT2D eigenvalue weighted by Crippen LogP contribution is 2.43. The van der Waals surface area contributed by atoms with Crippen LogP contribution in [-0.4, -0.2) is 31.6 Å². The summed E-state index contributed by atoms with van der Waals surface area (Å²) in [7, 11) is 0. The first-order valence-electron chi connectivity index (χ1n) is 9.28. The minimum Gasteiger partial charge on any atom is -0.503 e. The summed E-state index contributed by atoms with van der Waals surface area (Å²) in [5.41, 5.74) is 0.115. The Hall–Kier alpha value is -3.79. The number of para-hydroxylation sites is 1. The average Bonchev–Trinajstić information content (AvgIpc) is 3.43. The van der Waals surface area contributed by atoms with Crippen LogP contribution >= 0.6 is 11.3 Å². The molecule has 0 bridgehead atoms. The average molecular weight is 439 g/mol. The molecule has 0 saturated heterocycles. The van der Waals surface area contributed by atoms with E-state index < -0.39 is 28.4 Å². The summed E-state index contributed by atoms with van der Waals surface area (Å²) < 4.78 is 5.32. The van der Waals surface area contributed by atoms with Crippen LogP contribution in [0.25, 0.3) is 0 Å². The number of ketones is 1. The SMILES string of the molecule is Cc1nc(C)c(C(=O)C2=C(O)C(=O)N(Cc3ccco3)C2c2ccccc2[N+](=O)[O-])s1. The lowest BCUT2D eigenvalue weighted by Crippen LogP contribution is -2.31. The smallest absolute Gasteiger partial charge is 0.290 e. The third kappa shape index (κ3) is 3.50. The molecule has 1 amide bonds. The van der Waals surface area contributed by atoms with Gasteiger partial charge in [0.15, 0.2) is 5.76 Å². The number of carbonyl (C=O) groups excluding carboxylic acids is 2. The summed E-state index contributed by atoms with van der Waals surface area (Å²) in [6, 6.07) is 7.96. The summed E-state index contributed by atoms with van der Waals surface area (Å²) in [6.45, 7) is 3.32. The van der Waals surface area contributed by atoms with E-state index in [4.69, 9.17) is 4.42 Å². The van der Waals surface area contributed by atoms with Gasteiger partial charge in [-0.15, -0.1) is 11.3 Å². The van der Waals surface area contributed by atoms with Gasteiger partial charge in [0.2, 0.25) is 5.78 Å². The quantitative estimate of drug-likeness (QED) is 0.349. The molecular weight excluding hydrogens is 422 g/mol. The number of thiazole rings is 1. The van der Waals surface area contributed by atoms with E-state index in [0.717, 1.165) is 11.3 Å². The first-order chi connectivity index (χ1) is 14.8. The van der Waals surface area contributed by atoms with Crippen molar-refractivity contribution >= 4 is 28.7 Å². The molecule has 1 unspecified atom stereocenters. The minimum absolute atomic E-state index is 0.0793. The van der Waals surface area contributed by atoms with Gasteiger partial charge in [-0.3, -0.25) is 19.7 Å². The van der Waals surface area contributed by atoms with Crippen molar-refractivity contribution in [2.24, 2.45) is 0 Å². The van der Waals surface area contributed by atoms with Gasteiger partial charge in [-0.05, 0) is 32.0 Å². The Morgan fingerprint density at radius 2 is 2.03 bits per heavy atom. The molecule has 0 fully saturated rings. The fourth-order valence-corrected chi connectivity index (χ4v) is 4.57. The molecule has 1 N–H and O–H groups in total. The maximum absolute atomic E-state index is 13.4. The Balaban J connectivity index is 1.89. The molecule has 9 nitrogen and oxygen atoms in total. The molecule has 0 saturated carbocycles. The molecule has 1 aromatic carbocycles. The van der Waals surface area contributed by atoms with Gasteiger partial charge < -0.3 is 14.4 Å². The largest absolute Gasteiger partial charge is 0.503 e. The van der Waals surface area contributed by atoms with Crippen molar-refractivity contribution in [3.05, 3.63) is 91.0 Å². The Kier molecular flexibility index (Phi) is 5.15. The lowest BCUT2D eigenvalue weighted by molar-refractivity contribution is -0.385. The maximum atomic E-state index is 13.4. The van der Waals surface area contributed by atoms with Crippen LogP contribution in [0.15, 0.2) is 58.4 Å². The van der Waals surface area contributed by atoms with E-state index >= 15 is 0 Å². The van der Waals surface area contributed by atoms with E-state index in [1.807, 2.05) is 0 Å². The molecule has 2 aromatic heterocycles. The highest BCUT2D eigenvalue weighted by atomic mass is 32.1. The molecule has 4 rings (SSSR count). The number of benzene rings is 1. The number of aromatic nitrogens is 1. The predicted molar refractivity (Wildman–Crippen MR) is 111 cm³/mol. The molecule has 1 aliphatic rings. The summed E-state index contributed by atoms with van der Waals surface area (Å²) in [5, 5.41) is 23.0. The zero-order valence-electron chi connectivity index (χ0n) is 16.6. The van der Waals surface area contributed by atoms with Gasteiger partial charge in [0.25, 0.3) is 11.6 Å². The van der Waals surface area contributed by atoms with Crippen LogP contribution in [0.4, 0.5) is 5.69 Å². The molecule has 1 atom stereocenters. The van der Waals surface area contributed by atoms with E-state index in [2.05, 4.69) is 4.98 Å². The molecule has 0 aliphatic carbocycles. The van der Waals surface area contributed by atoms with Crippen molar-refractivity contribution in [2.45, 2.75) is 26.4 Å². The number of nitro benzene ring substituents is 1. The minimum atomic E-state index is -1.16. The molecule has 3 aromatic rings. The lowest BCUT2D eigenvalue weighted by atomic mass is 9.94. The number of rotatable bonds is 6. The summed E-state index contributed by atoms with van der Waals surface area (Å²) in [5.74, 6) is -1.71. The van der Waals surface area contributed by atoms with Crippen molar-refractivity contribution in [3.63, 3.8) is 0 Å². The van der Waals surface area contributed by atoms with Crippen molar-refractivity contribution in [2.75, 3.05) is 0 Å². The molecule has 0 spiro atoms. The fraction of sp³-hybridized carbons (Fsp3) is 0.190. The Morgan fingerprint density at radius 3 is 2.65 bits per heavy atom. The second-order valence-electron chi connectivity index (χ2n) is 6.97. The number of amides is 1. The molecule has 158 valence electrons. The number of furan rings is 1. The summed E-state index contributed by atoms with van der Waals surface area (Å²) in [4.78, 5) is 43.2. The van der Waals surface area contributed by atoms with Gasteiger partial charge in [0, 0.05) is 6.07 Å². The molecule has 31 heavy (non-hydrogen) atoms. The van der Waals surface area contributed by atoms with E-state index in [9.17, 15) is 24.8 Å². The Labute approximate surface area is 180 Å². The standard InChI is InChI=1S/C21H17N3O6S/c1-11-20(31-12(2)22-11)18(25)16-17(14-7-3-4-8-15(14)24(28)29)23(21(27)19(16)26)10-13-6-5-9-30-13/h3-9,17,26H,10H2,1-2H3. The lowest BCUT2D eigenvalue weighted by Gasteiger charge is -2.25. The molecule has 3 heterocycles. The third-order valence-electron chi connectivity index (χ3n) is 4.99. The molecule has 1 aliphatic heterocycles. The van der Waals surface area contributed by atoms with Gasteiger partial charge >= 0.3 is 0 Å². The zero-order valence-corrected chi connectivity index (χ0v) is 17.4.